The van der Waals surface area contributed by atoms with Gasteiger partial charge in [0.2, 0.25) is 0 Å². The van der Waals surface area contributed by atoms with E-state index < -0.39 is 18.0 Å². The van der Waals surface area contributed by atoms with Crippen molar-refractivity contribution in [2.45, 2.75) is 32.3 Å². The predicted octanol–water partition coefficient (Wildman–Crippen LogP) is -0.222. The number of carbonyl (C=O) groups excluding carboxylic acids is 3. The molecule has 108 valence electrons. The summed E-state index contributed by atoms with van der Waals surface area (Å²) >= 11 is 0. The van der Waals surface area contributed by atoms with E-state index in [1.165, 1.54) is 6.92 Å². The van der Waals surface area contributed by atoms with Gasteiger partial charge >= 0.3 is 17.9 Å². The Bertz CT molecular complexity index is 324. The van der Waals surface area contributed by atoms with Crippen molar-refractivity contribution in [1.29, 1.82) is 0 Å². The molecule has 0 aromatic rings. The summed E-state index contributed by atoms with van der Waals surface area (Å²) in [5, 5.41) is 2.89. The van der Waals surface area contributed by atoms with E-state index in [1.54, 1.807) is 0 Å². The number of hydrogen-bond donors (Lipinski definition) is 1. The summed E-state index contributed by atoms with van der Waals surface area (Å²) in [7, 11) is 0. The van der Waals surface area contributed by atoms with Gasteiger partial charge in [-0.05, 0) is 12.8 Å². The quantitative estimate of drug-likeness (QED) is 0.389. The number of nitrogens with one attached hydrogen (secondary N) is 1. The molecule has 1 heterocycles. The molecule has 1 N–H and O–H groups in total. The predicted molar refractivity (Wildman–Crippen MR) is 64.2 cm³/mol. The van der Waals surface area contributed by atoms with E-state index in [4.69, 9.17) is 9.47 Å². The van der Waals surface area contributed by atoms with E-state index in [-0.39, 0.29) is 19.0 Å². The van der Waals surface area contributed by atoms with Gasteiger partial charge < -0.3 is 19.5 Å². The Hall–Kier alpha value is -1.47. The minimum Gasteiger partial charge on any atom is -0.465 e. The maximum absolute atomic E-state index is 11.4. The van der Waals surface area contributed by atoms with Crippen LogP contribution in [0.5, 0.6) is 0 Å². The summed E-state index contributed by atoms with van der Waals surface area (Å²) in [5.41, 5.74) is 0. The molecule has 1 aliphatic rings. The van der Waals surface area contributed by atoms with E-state index in [0.29, 0.717) is 26.1 Å². The van der Waals surface area contributed by atoms with Crippen LogP contribution in [0.25, 0.3) is 0 Å². The topological polar surface area (TPSA) is 90.9 Å². The molecule has 1 rings (SSSR count). The minimum absolute atomic E-state index is 0.0819. The molecule has 0 amide bonds. The monoisotopic (exact) mass is 273 g/mol. The fraction of sp³-hybridized carbons (Fsp3) is 0.750. The van der Waals surface area contributed by atoms with Crippen LogP contribution in [-0.2, 0) is 28.6 Å². The number of rotatable bonds is 7. The highest BCUT2D eigenvalue weighted by Crippen LogP contribution is 2.13. The third kappa shape index (κ3) is 6.88. The second kappa shape index (κ2) is 8.60. The van der Waals surface area contributed by atoms with Crippen molar-refractivity contribution in [3.05, 3.63) is 0 Å². The third-order valence-corrected chi connectivity index (χ3v) is 2.50. The lowest BCUT2D eigenvalue weighted by molar-refractivity contribution is -0.166. The third-order valence-electron chi connectivity index (χ3n) is 2.50. The minimum atomic E-state index is -0.609. The summed E-state index contributed by atoms with van der Waals surface area (Å²) in [5.74, 6) is -1.54. The number of hydrogen-bond acceptors (Lipinski definition) is 7. The van der Waals surface area contributed by atoms with Crippen LogP contribution >= 0.6 is 0 Å². The van der Waals surface area contributed by atoms with Crippen molar-refractivity contribution >= 4 is 17.9 Å². The Morgan fingerprint density at radius 2 is 2.11 bits per heavy atom. The van der Waals surface area contributed by atoms with Crippen molar-refractivity contribution in [2.24, 2.45) is 0 Å². The van der Waals surface area contributed by atoms with E-state index in [0.717, 1.165) is 6.42 Å². The molecule has 1 unspecified atom stereocenters. The lowest BCUT2D eigenvalue weighted by Gasteiger charge is -2.08. The normalized spacial score (nSPS) is 18.1. The molecule has 1 atom stereocenters. The first kappa shape index (κ1) is 15.6. The van der Waals surface area contributed by atoms with Crippen LogP contribution in [0.15, 0.2) is 0 Å². The first-order valence-corrected chi connectivity index (χ1v) is 6.30. The molecule has 7 heteroatoms. The van der Waals surface area contributed by atoms with Gasteiger partial charge in [0, 0.05) is 26.6 Å². The Morgan fingerprint density at radius 3 is 2.74 bits per heavy atom. The van der Waals surface area contributed by atoms with E-state index in [1.807, 2.05) is 0 Å². The summed E-state index contributed by atoms with van der Waals surface area (Å²) in [6.45, 7) is 2.92. The van der Waals surface area contributed by atoms with Crippen molar-refractivity contribution < 1.29 is 28.6 Å². The molecule has 1 aliphatic heterocycles. The van der Waals surface area contributed by atoms with Crippen LogP contribution in [0, 0.1) is 0 Å². The summed E-state index contributed by atoms with van der Waals surface area (Å²) in [6, 6.07) is 0. The van der Waals surface area contributed by atoms with Gasteiger partial charge in [-0.25, -0.2) is 4.79 Å². The zero-order chi connectivity index (χ0) is 14.1. The van der Waals surface area contributed by atoms with Gasteiger partial charge in [-0.1, -0.05) is 0 Å². The van der Waals surface area contributed by atoms with Gasteiger partial charge in [0.15, 0.2) is 6.10 Å². The maximum atomic E-state index is 11.4. The molecule has 0 bridgehead atoms. The molecule has 0 aromatic heterocycles. The number of esters is 3. The Kier molecular flexibility index (Phi) is 7.06. The highest BCUT2D eigenvalue weighted by Gasteiger charge is 2.26. The van der Waals surface area contributed by atoms with E-state index in [2.05, 4.69) is 10.1 Å². The average molecular weight is 273 g/mol. The van der Waals surface area contributed by atoms with Crippen LogP contribution in [0.2, 0.25) is 0 Å². The van der Waals surface area contributed by atoms with Crippen LogP contribution in [-0.4, -0.2) is 50.3 Å². The van der Waals surface area contributed by atoms with Crippen LogP contribution in [0.1, 0.15) is 26.2 Å². The lowest BCUT2D eigenvalue weighted by atomic mass is 10.2. The average Bonchev–Trinajstić information content (AvgIpc) is 2.87. The number of ether oxygens (including phenoxy) is 3. The molecule has 0 aromatic carbocycles. The largest absolute Gasteiger partial charge is 0.465 e. The van der Waals surface area contributed by atoms with Crippen molar-refractivity contribution in [3.63, 3.8) is 0 Å². The molecule has 19 heavy (non-hydrogen) atoms. The van der Waals surface area contributed by atoms with Crippen molar-refractivity contribution in [2.75, 3.05) is 26.3 Å². The fourth-order valence-corrected chi connectivity index (χ4v) is 1.57. The first-order valence-electron chi connectivity index (χ1n) is 6.30. The summed E-state index contributed by atoms with van der Waals surface area (Å²) in [6.07, 6.45) is 0.901. The second-order valence-electron chi connectivity index (χ2n) is 4.13. The molecule has 0 saturated carbocycles. The molecule has 0 spiro atoms. The molecule has 0 radical (unpaired) electrons. The smallest absolute Gasteiger partial charge is 0.342 e. The van der Waals surface area contributed by atoms with Crippen molar-refractivity contribution in [3.8, 4) is 0 Å². The maximum Gasteiger partial charge on any atom is 0.342 e. The fourth-order valence-electron chi connectivity index (χ4n) is 1.57. The molecule has 7 nitrogen and oxygen atoms in total. The number of carbonyl (C=O) groups is 3. The Balaban J connectivity index is 2.01. The molecule has 1 fully saturated rings. The highest BCUT2D eigenvalue weighted by atomic mass is 16.6. The van der Waals surface area contributed by atoms with E-state index in [9.17, 15) is 14.4 Å². The zero-order valence-electron chi connectivity index (χ0n) is 11.0. The van der Waals surface area contributed by atoms with Gasteiger partial charge in [-0.3, -0.25) is 9.59 Å². The molecule has 1 saturated heterocycles. The van der Waals surface area contributed by atoms with Crippen molar-refractivity contribution in [1.82, 2.24) is 5.32 Å². The van der Waals surface area contributed by atoms with Crippen LogP contribution in [0.3, 0.4) is 0 Å². The Morgan fingerprint density at radius 1 is 1.32 bits per heavy atom. The van der Waals surface area contributed by atoms with Gasteiger partial charge in [-0.15, -0.1) is 0 Å². The van der Waals surface area contributed by atoms with Crippen LogP contribution < -0.4 is 5.32 Å². The molecular formula is C12H19NO6. The Labute approximate surface area is 111 Å². The summed E-state index contributed by atoms with van der Waals surface area (Å²) in [4.78, 5) is 33.2. The van der Waals surface area contributed by atoms with Gasteiger partial charge in [0.25, 0.3) is 0 Å². The molecular weight excluding hydrogens is 254 g/mol. The standard InChI is InChI=1S/C12H19NO6/c1-9(14)17-8-6-13-5-4-11(15)19-12(16)10-3-2-7-18-10/h10,13H,2-8H2,1H3. The first-order chi connectivity index (χ1) is 9.09. The van der Waals surface area contributed by atoms with E-state index >= 15 is 0 Å². The van der Waals surface area contributed by atoms with Gasteiger partial charge in [-0.2, -0.15) is 0 Å². The van der Waals surface area contributed by atoms with Crippen LogP contribution in [0.4, 0.5) is 0 Å². The highest BCUT2D eigenvalue weighted by molar-refractivity contribution is 5.88. The lowest BCUT2D eigenvalue weighted by Crippen LogP contribution is -2.28. The van der Waals surface area contributed by atoms with Gasteiger partial charge in [0.05, 0.1) is 6.42 Å². The van der Waals surface area contributed by atoms with Gasteiger partial charge in [0.1, 0.15) is 6.61 Å². The second-order valence-corrected chi connectivity index (χ2v) is 4.13. The summed E-state index contributed by atoms with van der Waals surface area (Å²) < 4.78 is 14.4. The SMILES string of the molecule is CC(=O)OCCNCCC(=O)OC(=O)C1CCCO1. The zero-order valence-corrected chi connectivity index (χ0v) is 11.0. The molecule has 0 aliphatic carbocycles.